The van der Waals surface area contributed by atoms with Crippen molar-refractivity contribution < 1.29 is 37.4 Å². The third-order valence-electron chi connectivity index (χ3n) is 8.75. The minimum absolute atomic E-state index is 0.0415. The minimum atomic E-state index is -4.11. The largest absolute Gasteiger partial charge is 0.465 e. The number of imidazole rings is 1. The van der Waals surface area contributed by atoms with Crippen LogP contribution in [0, 0.1) is 0 Å². The van der Waals surface area contributed by atoms with E-state index in [4.69, 9.17) is 29.0 Å². The summed E-state index contributed by atoms with van der Waals surface area (Å²) in [6, 6.07) is 7.44. The molecule has 1 aliphatic rings. The van der Waals surface area contributed by atoms with Crippen LogP contribution in [0.5, 0.6) is 5.75 Å². The average molecular weight is 772 g/mol. The molecule has 15 nitrogen and oxygen atoms in total. The number of unbranched alkanes of at least 4 members (excludes halogenated alkanes) is 11. The van der Waals surface area contributed by atoms with E-state index in [0.717, 1.165) is 32.1 Å². The van der Waals surface area contributed by atoms with Crippen molar-refractivity contribution >= 4 is 42.6 Å². The van der Waals surface area contributed by atoms with Gasteiger partial charge in [-0.05, 0) is 58.1 Å². The Bertz CT molecular complexity index is 1660. The second kappa shape index (κ2) is 23.1. The Hall–Kier alpha value is -3.88. The van der Waals surface area contributed by atoms with Crippen molar-refractivity contribution in [3.63, 3.8) is 0 Å². The van der Waals surface area contributed by atoms with Gasteiger partial charge in [-0.2, -0.15) is 15.1 Å². The second-order valence-electron chi connectivity index (χ2n) is 13.3. The second-order valence-corrected chi connectivity index (χ2v) is 15.0. The number of hydrogen-bond donors (Lipinski definition) is 3. The van der Waals surface area contributed by atoms with Crippen LogP contribution in [0.15, 0.2) is 48.8 Å². The molecule has 1 aliphatic heterocycles. The van der Waals surface area contributed by atoms with Gasteiger partial charge in [0.05, 0.1) is 19.5 Å². The molecular formula is C38H58N7O8P. The highest BCUT2D eigenvalue weighted by Gasteiger charge is 2.36. The fourth-order valence-corrected chi connectivity index (χ4v) is 7.36. The van der Waals surface area contributed by atoms with Gasteiger partial charge in [-0.1, -0.05) is 88.6 Å². The molecule has 4 atom stereocenters. The molecule has 4 N–H and O–H groups in total. The van der Waals surface area contributed by atoms with Crippen LogP contribution < -0.4 is 20.7 Å². The standard InChI is InChI=1S/C38H58N7O8P/c1-4-6-7-8-9-10-11-12-13-14-15-16-17-18-22-25-31(46)41-35-34-36(43-38(39)42-35)45(28-40-34)32-26-50-33(52-32)27-51-54(48,44-29(3)37(47)49-5-2)53-30-23-20-19-21-24-30/h12-13,19-21,23-24,28-29,32-33H,4-11,14-18,22,25-27H2,1-3H3,(H,44,48)(H3,39,41,42,43,46)/b13-12-/t29-,32+,33+,54?/m0/s1. The molecule has 2 aromatic heterocycles. The predicted octanol–water partition coefficient (Wildman–Crippen LogP) is 8.00. The van der Waals surface area contributed by atoms with Crippen molar-refractivity contribution in [3.05, 3.63) is 48.8 Å². The molecular weight excluding hydrogens is 713 g/mol. The molecule has 0 spiro atoms. The summed E-state index contributed by atoms with van der Waals surface area (Å²) in [5.41, 5.74) is 6.73. The number of nitrogens with one attached hydrogen (secondary N) is 2. The lowest BCUT2D eigenvalue weighted by Gasteiger charge is -2.23. The first kappa shape index (κ1) is 42.9. The Morgan fingerprint density at radius 3 is 2.39 bits per heavy atom. The van der Waals surface area contributed by atoms with Crippen LogP contribution in [-0.2, 0) is 32.9 Å². The Labute approximate surface area is 318 Å². The highest BCUT2D eigenvalue weighted by atomic mass is 31.2. The summed E-state index contributed by atoms with van der Waals surface area (Å²) in [7, 11) is -4.11. The van der Waals surface area contributed by atoms with E-state index in [9.17, 15) is 14.2 Å². The normalized spacial score (nSPS) is 17.5. The Morgan fingerprint density at radius 1 is 1.00 bits per heavy atom. The van der Waals surface area contributed by atoms with Crippen molar-refractivity contribution in [2.45, 2.75) is 129 Å². The summed E-state index contributed by atoms with van der Waals surface area (Å²) in [5, 5.41) is 5.47. The molecule has 4 rings (SSSR count). The van der Waals surface area contributed by atoms with Crippen molar-refractivity contribution in [1.29, 1.82) is 0 Å². The number of hydrogen-bond acceptors (Lipinski definition) is 12. The fraction of sp³-hybridized carbons (Fsp3) is 0.605. The molecule has 3 heterocycles. The maximum atomic E-state index is 13.8. The zero-order chi connectivity index (χ0) is 38.6. The lowest BCUT2D eigenvalue weighted by atomic mass is 10.1. The van der Waals surface area contributed by atoms with Crippen molar-refractivity contribution in [1.82, 2.24) is 24.6 Å². The van der Waals surface area contributed by atoms with E-state index in [1.165, 1.54) is 64.6 Å². The van der Waals surface area contributed by atoms with E-state index in [0.29, 0.717) is 17.6 Å². The van der Waals surface area contributed by atoms with Crippen LogP contribution in [-0.4, -0.2) is 63.5 Å². The Morgan fingerprint density at radius 2 is 1.69 bits per heavy atom. The van der Waals surface area contributed by atoms with E-state index in [2.05, 4.69) is 44.4 Å². The summed E-state index contributed by atoms with van der Waals surface area (Å²) in [4.78, 5) is 38.1. The van der Waals surface area contributed by atoms with Crippen molar-refractivity contribution in [2.75, 3.05) is 30.9 Å². The summed E-state index contributed by atoms with van der Waals surface area (Å²) in [6.45, 7) is 5.36. The number of anilines is 2. The number of amides is 1. The van der Waals surface area contributed by atoms with Crippen LogP contribution in [0.1, 0.15) is 117 Å². The van der Waals surface area contributed by atoms with Gasteiger partial charge in [-0.25, -0.2) is 9.55 Å². The Balaban J connectivity index is 1.22. The van der Waals surface area contributed by atoms with Gasteiger partial charge in [0, 0.05) is 6.42 Å². The molecule has 1 saturated heterocycles. The summed E-state index contributed by atoms with van der Waals surface area (Å²) in [6.07, 6.45) is 20.3. The number of benzene rings is 1. The van der Waals surface area contributed by atoms with Gasteiger partial charge in [-0.3, -0.25) is 18.7 Å². The maximum Gasteiger partial charge on any atom is 0.459 e. The van der Waals surface area contributed by atoms with Crippen LogP contribution in [0.25, 0.3) is 11.2 Å². The molecule has 0 radical (unpaired) electrons. The van der Waals surface area contributed by atoms with Crippen LogP contribution >= 0.6 is 7.75 Å². The molecule has 1 amide bonds. The molecule has 0 aliphatic carbocycles. The molecule has 0 bridgehead atoms. The van der Waals surface area contributed by atoms with Gasteiger partial charge in [0.15, 0.2) is 29.5 Å². The number of nitrogens with two attached hydrogens (primary N) is 1. The lowest BCUT2D eigenvalue weighted by Crippen LogP contribution is -2.35. The number of allylic oxidation sites excluding steroid dienone is 2. The van der Waals surface area contributed by atoms with Crippen LogP contribution in [0.3, 0.4) is 0 Å². The Kier molecular flexibility index (Phi) is 18.4. The molecule has 1 fully saturated rings. The minimum Gasteiger partial charge on any atom is -0.465 e. The number of aromatic nitrogens is 4. The van der Waals surface area contributed by atoms with Gasteiger partial charge in [-0.15, -0.1) is 0 Å². The van der Waals surface area contributed by atoms with Gasteiger partial charge in [0.25, 0.3) is 0 Å². The summed E-state index contributed by atoms with van der Waals surface area (Å²) < 4.78 is 43.6. The first-order chi connectivity index (χ1) is 26.2. The van der Waals surface area contributed by atoms with Crippen molar-refractivity contribution in [2.24, 2.45) is 0 Å². The van der Waals surface area contributed by atoms with Gasteiger partial charge in [0.2, 0.25) is 11.9 Å². The van der Waals surface area contributed by atoms with Gasteiger partial charge < -0.3 is 29.8 Å². The number of nitrogen functional groups attached to an aromatic ring is 1. The van der Waals surface area contributed by atoms with Crippen molar-refractivity contribution in [3.8, 4) is 5.75 Å². The number of ether oxygens (including phenoxy) is 3. The summed E-state index contributed by atoms with van der Waals surface area (Å²) >= 11 is 0. The van der Waals surface area contributed by atoms with E-state index < -0.39 is 32.3 Å². The monoisotopic (exact) mass is 771 g/mol. The highest BCUT2D eigenvalue weighted by molar-refractivity contribution is 7.52. The fourth-order valence-electron chi connectivity index (χ4n) is 5.89. The number of fused-ring (bicyclic) bond motifs is 1. The number of esters is 1. The molecule has 3 aromatic rings. The maximum absolute atomic E-state index is 13.8. The number of rotatable bonds is 26. The van der Waals surface area contributed by atoms with E-state index in [1.54, 1.807) is 41.8 Å². The molecule has 16 heteroatoms. The number of carbonyl (C=O) groups excluding carboxylic acids is 2. The lowest BCUT2D eigenvalue weighted by molar-refractivity contribution is -0.144. The quantitative estimate of drug-likeness (QED) is 0.0308. The molecule has 0 saturated carbocycles. The zero-order valence-corrected chi connectivity index (χ0v) is 32.8. The molecule has 298 valence electrons. The third kappa shape index (κ3) is 14.4. The molecule has 54 heavy (non-hydrogen) atoms. The topological polar surface area (TPSA) is 191 Å². The van der Waals surface area contributed by atoms with Gasteiger partial charge >= 0.3 is 13.7 Å². The molecule has 1 unspecified atom stereocenters. The highest BCUT2D eigenvalue weighted by Crippen LogP contribution is 2.45. The first-order valence-corrected chi connectivity index (χ1v) is 20.9. The third-order valence-corrected chi connectivity index (χ3v) is 10.4. The van der Waals surface area contributed by atoms with Crippen LogP contribution in [0.4, 0.5) is 11.8 Å². The van der Waals surface area contributed by atoms with E-state index >= 15 is 0 Å². The number of nitrogens with zero attached hydrogens (tertiary/aromatic N) is 4. The van der Waals surface area contributed by atoms with Crippen LogP contribution in [0.2, 0.25) is 0 Å². The summed E-state index contributed by atoms with van der Waals surface area (Å²) in [5.74, 6) is -0.340. The van der Waals surface area contributed by atoms with E-state index in [1.807, 2.05) is 0 Å². The number of carbonyl (C=O) groups is 2. The zero-order valence-electron chi connectivity index (χ0n) is 32.0. The number of para-hydroxylation sites is 1. The smallest absolute Gasteiger partial charge is 0.459 e. The SMILES string of the molecule is CCCCCCCC/C=C\CCCCCCCC(=O)Nc1nc(N)nc2c1ncn2[C@H]1CO[C@@H](COP(=O)(N[C@@H](C)C(=O)OCC)Oc2ccccc2)O1. The first-order valence-electron chi connectivity index (χ1n) is 19.4. The molecule has 1 aromatic carbocycles. The predicted molar refractivity (Wildman–Crippen MR) is 208 cm³/mol. The average Bonchev–Trinajstić information content (AvgIpc) is 3.80. The van der Waals surface area contributed by atoms with Gasteiger partial charge in [0.1, 0.15) is 18.4 Å². The van der Waals surface area contributed by atoms with E-state index in [-0.39, 0.29) is 43.2 Å².